The molecule has 2 fully saturated rings. The first-order valence-electron chi connectivity index (χ1n) is 9.41. The molecule has 0 saturated heterocycles. The molecular weight excluding hydrogens is 316 g/mol. The first kappa shape index (κ1) is 17.8. The number of carbonyl (C=O) groups excluding carboxylic acids is 2. The predicted octanol–water partition coefficient (Wildman–Crippen LogP) is 3.24. The number of amides is 2. The fraction of sp³-hybridized carbons (Fsp3) is 0.600. The summed E-state index contributed by atoms with van der Waals surface area (Å²) >= 11 is 0. The van der Waals surface area contributed by atoms with E-state index in [1.807, 2.05) is 25.1 Å². The Balaban J connectivity index is 0.00000243. The van der Waals surface area contributed by atoms with Crippen molar-refractivity contribution in [3.05, 3.63) is 29.3 Å². The molecule has 138 valence electrons. The predicted molar refractivity (Wildman–Crippen MR) is 99.0 cm³/mol. The molecular formula is C20H30N2O3. The summed E-state index contributed by atoms with van der Waals surface area (Å²) in [6, 6.07) is 5.21. The molecule has 0 unspecified atom stereocenters. The van der Waals surface area contributed by atoms with Gasteiger partial charge in [0.25, 0.3) is 5.91 Å². The molecule has 5 nitrogen and oxygen atoms in total. The van der Waals surface area contributed by atoms with Crippen LogP contribution in [0.5, 0.6) is 5.75 Å². The SMILES string of the molecule is CCC[C@H](NC(=O)c1ccc(C2CC2)c(OCC2CC2)c1)C(=O)NC.[HH]. The number of rotatable bonds is 9. The van der Waals surface area contributed by atoms with Crippen LogP contribution in [0.4, 0.5) is 0 Å². The van der Waals surface area contributed by atoms with E-state index in [0.717, 1.165) is 18.8 Å². The molecule has 0 aliphatic heterocycles. The van der Waals surface area contributed by atoms with Crippen molar-refractivity contribution in [2.24, 2.45) is 5.92 Å². The van der Waals surface area contributed by atoms with Crippen molar-refractivity contribution in [3.8, 4) is 5.75 Å². The molecule has 0 aromatic heterocycles. The van der Waals surface area contributed by atoms with Crippen molar-refractivity contribution in [3.63, 3.8) is 0 Å². The molecule has 3 rings (SSSR count). The van der Waals surface area contributed by atoms with Gasteiger partial charge in [-0.25, -0.2) is 0 Å². The molecule has 1 atom stereocenters. The standard InChI is InChI=1S/C20H28N2O3.H2/c1-3-4-17(20(24)21-2)22-19(23)15-9-10-16(14-7-8-14)18(11-15)25-12-13-5-6-13;/h9-11,13-14,17H,3-8,12H2,1-2H3,(H,21,24)(H,22,23);1H/t17-;/m0./s1. The first-order chi connectivity index (χ1) is 12.1. The van der Waals surface area contributed by atoms with Crippen molar-refractivity contribution in [1.29, 1.82) is 0 Å². The smallest absolute Gasteiger partial charge is 0.252 e. The number of hydrogen-bond donors (Lipinski definition) is 2. The Morgan fingerprint density at radius 3 is 2.64 bits per heavy atom. The molecule has 2 saturated carbocycles. The molecule has 0 spiro atoms. The topological polar surface area (TPSA) is 67.4 Å². The highest BCUT2D eigenvalue weighted by Gasteiger charge is 2.29. The van der Waals surface area contributed by atoms with Crippen LogP contribution in [0.25, 0.3) is 0 Å². The third-order valence-electron chi connectivity index (χ3n) is 4.91. The molecule has 2 aliphatic rings. The third-order valence-corrected chi connectivity index (χ3v) is 4.91. The van der Waals surface area contributed by atoms with Crippen molar-refractivity contribution in [2.45, 2.75) is 57.4 Å². The van der Waals surface area contributed by atoms with E-state index in [0.29, 0.717) is 23.8 Å². The van der Waals surface area contributed by atoms with Gasteiger partial charge in [0, 0.05) is 14.0 Å². The molecule has 5 heteroatoms. The second kappa shape index (κ2) is 7.89. The molecule has 2 N–H and O–H groups in total. The maximum Gasteiger partial charge on any atom is 0.252 e. The molecule has 1 aromatic rings. The van der Waals surface area contributed by atoms with Gasteiger partial charge in [0.15, 0.2) is 0 Å². The zero-order valence-electron chi connectivity index (χ0n) is 15.1. The largest absolute Gasteiger partial charge is 0.493 e. The highest BCUT2D eigenvalue weighted by molar-refractivity contribution is 5.97. The summed E-state index contributed by atoms with van der Waals surface area (Å²) in [4.78, 5) is 24.5. The minimum absolute atomic E-state index is 0. The second-order valence-corrected chi connectivity index (χ2v) is 7.21. The summed E-state index contributed by atoms with van der Waals surface area (Å²) in [7, 11) is 1.59. The van der Waals surface area contributed by atoms with E-state index in [4.69, 9.17) is 4.74 Å². The number of likely N-dealkylation sites (N-methyl/N-ethyl adjacent to an activating group) is 1. The Kier molecular flexibility index (Phi) is 5.61. The van der Waals surface area contributed by atoms with Gasteiger partial charge >= 0.3 is 0 Å². The minimum atomic E-state index is -0.499. The second-order valence-electron chi connectivity index (χ2n) is 7.21. The van der Waals surface area contributed by atoms with E-state index >= 15 is 0 Å². The molecule has 25 heavy (non-hydrogen) atoms. The summed E-state index contributed by atoms with van der Waals surface area (Å²) in [5, 5.41) is 5.46. The van der Waals surface area contributed by atoms with Gasteiger partial charge < -0.3 is 15.4 Å². The van der Waals surface area contributed by atoms with Crippen LogP contribution >= 0.6 is 0 Å². The number of hydrogen-bond acceptors (Lipinski definition) is 3. The van der Waals surface area contributed by atoms with Gasteiger partial charge in [-0.15, -0.1) is 0 Å². The van der Waals surface area contributed by atoms with Crippen LogP contribution < -0.4 is 15.4 Å². The normalized spacial score (nSPS) is 17.7. The molecule has 1 aromatic carbocycles. The van der Waals surface area contributed by atoms with E-state index in [1.165, 1.54) is 31.2 Å². The third kappa shape index (κ3) is 4.74. The van der Waals surface area contributed by atoms with Crippen molar-refractivity contribution >= 4 is 11.8 Å². The fourth-order valence-corrected chi connectivity index (χ4v) is 3.00. The Bertz CT molecular complexity index is 642. The summed E-state index contributed by atoms with van der Waals surface area (Å²) in [5.41, 5.74) is 1.77. The van der Waals surface area contributed by atoms with Gasteiger partial charge in [-0.1, -0.05) is 19.4 Å². The van der Waals surface area contributed by atoms with E-state index in [2.05, 4.69) is 10.6 Å². The van der Waals surface area contributed by atoms with Crippen LogP contribution in [0.3, 0.4) is 0 Å². The molecule has 0 heterocycles. The monoisotopic (exact) mass is 346 g/mol. The van der Waals surface area contributed by atoms with E-state index in [9.17, 15) is 9.59 Å². The highest BCUT2D eigenvalue weighted by Crippen LogP contribution is 2.45. The van der Waals surface area contributed by atoms with Gasteiger partial charge in [-0.2, -0.15) is 0 Å². The lowest BCUT2D eigenvalue weighted by Crippen LogP contribution is -2.45. The average molecular weight is 346 g/mol. The van der Waals surface area contributed by atoms with Gasteiger partial charge in [-0.05, 0) is 61.6 Å². The number of benzene rings is 1. The van der Waals surface area contributed by atoms with E-state index in [1.54, 1.807) is 7.05 Å². The van der Waals surface area contributed by atoms with Crippen LogP contribution in [0, 0.1) is 5.92 Å². The average Bonchev–Trinajstić information content (AvgIpc) is 3.51. The number of ether oxygens (including phenoxy) is 1. The number of carbonyl (C=O) groups is 2. The molecule has 0 bridgehead atoms. The lowest BCUT2D eigenvalue weighted by molar-refractivity contribution is -0.122. The summed E-state index contributed by atoms with van der Waals surface area (Å²) in [6.07, 6.45) is 6.32. The van der Waals surface area contributed by atoms with Crippen LogP contribution in [-0.2, 0) is 4.79 Å². The lowest BCUT2D eigenvalue weighted by atomic mass is 10.0. The Hall–Kier alpha value is -2.04. The zero-order valence-corrected chi connectivity index (χ0v) is 15.1. The van der Waals surface area contributed by atoms with Gasteiger partial charge in [-0.3, -0.25) is 9.59 Å². The van der Waals surface area contributed by atoms with Crippen LogP contribution in [-0.4, -0.2) is 31.5 Å². The van der Waals surface area contributed by atoms with Crippen molar-refractivity contribution in [1.82, 2.24) is 10.6 Å². The Morgan fingerprint density at radius 2 is 2.04 bits per heavy atom. The van der Waals surface area contributed by atoms with Crippen LogP contribution in [0.2, 0.25) is 0 Å². The minimum Gasteiger partial charge on any atom is -0.493 e. The Labute approximate surface area is 151 Å². The summed E-state index contributed by atoms with van der Waals surface area (Å²) in [5.74, 6) is 1.71. The van der Waals surface area contributed by atoms with E-state index < -0.39 is 6.04 Å². The van der Waals surface area contributed by atoms with Gasteiger partial charge in [0.2, 0.25) is 5.91 Å². The quantitative estimate of drug-likeness (QED) is 0.721. The van der Waals surface area contributed by atoms with Crippen LogP contribution in [0.15, 0.2) is 18.2 Å². The molecule has 2 aliphatic carbocycles. The van der Waals surface area contributed by atoms with Crippen LogP contribution in [0.1, 0.15) is 68.7 Å². The molecule has 2 amide bonds. The van der Waals surface area contributed by atoms with Crippen molar-refractivity contribution < 1.29 is 15.8 Å². The number of nitrogens with one attached hydrogen (secondary N) is 2. The highest BCUT2D eigenvalue weighted by atomic mass is 16.5. The lowest BCUT2D eigenvalue weighted by Gasteiger charge is -2.17. The van der Waals surface area contributed by atoms with Gasteiger partial charge in [0.05, 0.1) is 6.61 Å². The Morgan fingerprint density at radius 1 is 1.28 bits per heavy atom. The maximum atomic E-state index is 12.6. The van der Waals surface area contributed by atoms with Crippen molar-refractivity contribution in [2.75, 3.05) is 13.7 Å². The first-order valence-corrected chi connectivity index (χ1v) is 9.41. The fourth-order valence-electron chi connectivity index (χ4n) is 3.00. The summed E-state index contributed by atoms with van der Waals surface area (Å²) < 4.78 is 6.02. The maximum absolute atomic E-state index is 12.6. The van der Waals surface area contributed by atoms with E-state index in [-0.39, 0.29) is 13.2 Å². The van der Waals surface area contributed by atoms with Gasteiger partial charge in [0.1, 0.15) is 11.8 Å². The molecule has 0 radical (unpaired) electrons. The zero-order chi connectivity index (χ0) is 17.8. The summed E-state index contributed by atoms with van der Waals surface area (Å²) in [6.45, 7) is 2.73.